The molecule has 0 saturated heterocycles. The van der Waals surface area contributed by atoms with E-state index in [1.54, 1.807) is 31.1 Å². The van der Waals surface area contributed by atoms with Crippen LogP contribution in [0, 0.1) is 0 Å². The molecule has 0 bridgehead atoms. The number of halogens is 1. The van der Waals surface area contributed by atoms with Crippen LogP contribution in [-0.2, 0) is 16.1 Å². The highest BCUT2D eigenvalue weighted by Gasteiger charge is 2.20. The Labute approximate surface area is 193 Å². The maximum atomic E-state index is 12.8. The standard InChI is InChI=1S/C25H26ClN3O3/c1-28(2)25(31)18-29(17-24(30)27-16-19-9-8-10-20(26)15-19)22-13-6-7-14-23(22)32-21-11-4-3-5-12-21/h3-15H,16-18H2,1-2H3,(H,27,30). The molecule has 0 radical (unpaired) electrons. The molecule has 0 aliphatic rings. The molecule has 0 unspecified atom stereocenters. The van der Waals surface area contributed by atoms with Crippen LogP contribution >= 0.6 is 11.6 Å². The smallest absolute Gasteiger partial charge is 0.241 e. The van der Waals surface area contributed by atoms with E-state index in [4.69, 9.17) is 16.3 Å². The Bertz CT molecular complexity index is 1060. The minimum atomic E-state index is -0.217. The highest BCUT2D eigenvalue weighted by Crippen LogP contribution is 2.32. The fourth-order valence-corrected chi connectivity index (χ4v) is 3.24. The molecular formula is C25H26ClN3O3. The monoisotopic (exact) mass is 451 g/mol. The van der Waals surface area contributed by atoms with Crippen molar-refractivity contribution < 1.29 is 14.3 Å². The predicted octanol–water partition coefficient (Wildman–Crippen LogP) is 4.34. The van der Waals surface area contributed by atoms with Crippen LogP contribution in [0.25, 0.3) is 0 Å². The van der Waals surface area contributed by atoms with Crippen LogP contribution in [0.5, 0.6) is 11.5 Å². The Morgan fingerprint density at radius 3 is 2.34 bits per heavy atom. The zero-order valence-electron chi connectivity index (χ0n) is 18.1. The zero-order valence-corrected chi connectivity index (χ0v) is 18.9. The molecule has 0 saturated carbocycles. The van der Waals surface area contributed by atoms with Crippen LogP contribution in [0.15, 0.2) is 78.9 Å². The van der Waals surface area contributed by atoms with Crippen molar-refractivity contribution in [3.63, 3.8) is 0 Å². The predicted molar refractivity (Wildman–Crippen MR) is 127 cm³/mol. The first kappa shape index (κ1) is 23.2. The Morgan fingerprint density at radius 2 is 1.62 bits per heavy atom. The van der Waals surface area contributed by atoms with Gasteiger partial charge in [0.15, 0.2) is 5.75 Å². The van der Waals surface area contributed by atoms with Gasteiger partial charge in [0.05, 0.1) is 18.8 Å². The van der Waals surface area contributed by atoms with Crippen molar-refractivity contribution >= 4 is 29.1 Å². The van der Waals surface area contributed by atoms with Crippen LogP contribution in [0.3, 0.4) is 0 Å². The Morgan fingerprint density at radius 1 is 0.906 bits per heavy atom. The van der Waals surface area contributed by atoms with Gasteiger partial charge in [-0.2, -0.15) is 0 Å². The summed E-state index contributed by atoms with van der Waals surface area (Å²) >= 11 is 6.02. The normalized spacial score (nSPS) is 10.3. The number of rotatable bonds is 9. The first-order valence-corrected chi connectivity index (χ1v) is 10.6. The molecule has 0 heterocycles. The number of benzene rings is 3. The molecule has 7 heteroatoms. The molecule has 1 N–H and O–H groups in total. The van der Waals surface area contributed by atoms with Crippen molar-refractivity contribution in [3.05, 3.63) is 89.4 Å². The number of ether oxygens (including phenoxy) is 1. The van der Waals surface area contributed by atoms with Crippen LogP contribution < -0.4 is 15.0 Å². The molecule has 0 atom stereocenters. The fourth-order valence-electron chi connectivity index (χ4n) is 3.03. The van der Waals surface area contributed by atoms with E-state index in [0.29, 0.717) is 28.8 Å². The van der Waals surface area contributed by atoms with Gasteiger partial charge in [-0.05, 0) is 42.0 Å². The first-order chi connectivity index (χ1) is 15.4. The Hall–Kier alpha value is -3.51. The average molecular weight is 452 g/mol. The third-order valence-electron chi connectivity index (χ3n) is 4.72. The maximum Gasteiger partial charge on any atom is 0.241 e. The van der Waals surface area contributed by atoms with E-state index < -0.39 is 0 Å². The van der Waals surface area contributed by atoms with Crippen LogP contribution in [0.4, 0.5) is 5.69 Å². The van der Waals surface area contributed by atoms with Gasteiger partial charge in [0.2, 0.25) is 11.8 Å². The summed E-state index contributed by atoms with van der Waals surface area (Å²) < 4.78 is 6.04. The van der Waals surface area contributed by atoms with Crippen molar-refractivity contribution in [3.8, 4) is 11.5 Å². The lowest BCUT2D eigenvalue weighted by molar-refractivity contribution is -0.127. The van der Waals surface area contributed by atoms with Gasteiger partial charge in [-0.25, -0.2) is 0 Å². The van der Waals surface area contributed by atoms with E-state index in [9.17, 15) is 9.59 Å². The summed E-state index contributed by atoms with van der Waals surface area (Å²) in [6.07, 6.45) is 0. The van der Waals surface area contributed by atoms with E-state index in [1.807, 2.05) is 66.7 Å². The number of likely N-dealkylation sites (N-methyl/N-ethyl adjacent to an activating group) is 1. The average Bonchev–Trinajstić information content (AvgIpc) is 2.78. The van der Waals surface area contributed by atoms with Crippen molar-refractivity contribution in [1.82, 2.24) is 10.2 Å². The number of anilines is 1. The number of amides is 2. The summed E-state index contributed by atoms with van der Waals surface area (Å²) in [5.74, 6) is 0.894. The van der Waals surface area contributed by atoms with Crippen molar-refractivity contribution in [2.24, 2.45) is 0 Å². The van der Waals surface area contributed by atoms with Gasteiger partial charge >= 0.3 is 0 Å². The molecule has 0 aromatic heterocycles. The summed E-state index contributed by atoms with van der Waals surface area (Å²) in [4.78, 5) is 28.5. The summed E-state index contributed by atoms with van der Waals surface area (Å²) in [7, 11) is 3.37. The van der Waals surface area contributed by atoms with Gasteiger partial charge in [-0.1, -0.05) is 54.1 Å². The van der Waals surface area contributed by atoms with E-state index in [1.165, 1.54) is 4.90 Å². The fraction of sp³-hybridized carbons (Fsp3) is 0.200. The number of para-hydroxylation sites is 3. The van der Waals surface area contributed by atoms with E-state index >= 15 is 0 Å². The number of carbonyl (C=O) groups is 2. The molecule has 0 spiro atoms. The molecule has 0 aliphatic heterocycles. The highest BCUT2D eigenvalue weighted by atomic mass is 35.5. The zero-order chi connectivity index (χ0) is 22.9. The van der Waals surface area contributed by atoms with Crippen molar-refractivity contribution in [2.45, 2.75) is 6.54 Å². The van der Waals surface area contributed by atoms with Gasteiger partial charge in [-0.3, -0.25) is 9.59 Å². The highest BCUT2D eigenvalue weighted by molar-refractivity contribution is 6.30. The van der Waals surface area contributed by atoms with E-state index in [-0.39, 0.29) is 24.9 Å². The number of nitrogens with zero attached hydrogens (tertiary/aromatic N) is 2. The van der Waals surface area contributed by atoms with Crippen LogP contribution in [0.2, 0.25) is 5.02 Å². The number of hydrogen-bond donors (Lipinski definition) is 1. The van der Waals surface area contributed by atoms with E-state index in [0.717, 1.165) is 5.56 Å². The number of carbonyl (C=O) groups excluding carboxylic acids is 2. The lowest BCUT2D eigenvalue weighted by atomic mass is 10.2. The molecule has 3 aromatic rings. The molecule has 6 nitrogen and oxygen atoms in total. The second-order valence-corrected chi connectivity index (χ2v) is 7.87. The quantitative estimate of drug-likeness (QED) is 0.525. The van der Waals surface area contributed by atoms with Crippen molar-refractivity contribution in [1.29, 1.82) is 0 Å². The summed E-state index contributed by atoms with van der Waals surface area (Å²) in [6, 6.07) is 24.1. The van der Waals surface area contributed by atoms with Gasteiger partial charge < -0.3 is 19.9 Å². The number of nitrogens with one attached hydrogen (secondary N) is 1. The lowest BCUT2D eigenvalue weighted by Gasteiger charge is -2.27. The molecule has 0 aliphatic carbocycles. The third kappa shape index (κ3) is 6.75. The maximum absolute atomic E-state index is 12.8. The molecule has 166 valence electrons. The first-order valence-electron chi connectivity index (χ1n) is 10.2. The van der Waals surface area contributed by atoms with Gasteiger partial charge in [0, 0.05) is 25.7 Å². The third-order valence-corrected chi connectivity index (χ3v) is 4.95. The van der Waals surface area contributed by atoms with Crippen LogP contribution in [-0.4, -0.2) is 43.9 Å². The largest absolute Gasteiger partial charge is 0.455 e. The Balaban J connectivity index is 1.78. The summed E-state index contributed by atoms with van der Waals surface area (Å²) in [5, 5.41) is 3.51. The number of hydrogen-bond acceptors (Lipinski definition) is 4. The SMILES string of the molecule is CN(C)C(=O)CN(CC(=O)NCc1cccc(Cl)c1)c1ccccc1Oc1ccccc1. The second kappa shape index (κ2) is 11.2. The molecule has 3 aromatic carbocycles. The van der Waals surface area contributed by atoms with E-state index in [2.05, 4.69) is 5.32 Å². The minimum Gasteiger partial charge on any atom is -0.455 e. The van der Waals surface area contributed by atoms with Crippen LogP contribution in [0.1, 0.15) is 5.56 Å². The van der Waals surface area contributed by atoms with Gasteiger partial charge in [-0.15, -0.1) is 0 Å². The molecular weight excluding hydrogens is 426 g/mol. The molecule has 0 fully saturated rings. The summed E-state index contributed by atoms with van der Waals surface area (Å²) in [5.41, 5.74) is 1.55. The van der Waals surface area contributed by atoms with Gasteiger partial charge in [0.1, 0.15) is 5.75 Å². The molecule has 2 amide bonds. The lowest BCUT2D eigenvalue weighted by Crippen LogP contribution is -2.42. The minimum absolute atomic E-state index is 0.00465. The van der Waals surface area contributed by atoms with Crippen molar-refractivity contribution in [2.75, 3.05) is 32.1 Å². The van der Waals surface area contributed by atoms with Gasteiger partial charge in [0.25, 0.3) is 0 Å². The summed E-state index contributed by atoms with van der Waals surface area (Å²) in [6.45, 7) is 0.374. The molecule has 3 rings (SSSR count). The Kier molecular flexibility index (Phi) is 8.11. The topological polar surface area (TPSA) is 61.9 Å². The second-order valence-electron chi connectivity index (χ2n) is 7.43. The molecule has 32 heavy (non-hydrogen) atoms.